The van der Waals surface area contributed by atoms with Gasteiger partial charge in [0, 0.05) is 24.5 Å². The number of hydrogen-bond acceptors (Lipinski definition) is 9. The number of carbonyl (C=O) groups excluding carboxylic acids is 5. The van der Waals surface area contributed by atoms with Gasteiger partial charge in [-0.3, -0.25) is 24.0 Å². The van der Waals surface area contributed by atoms with Crippen LogP contribution in [-0.2, 0) is 28.7 Å². The average molecular weight is 585 g/mol. The van der Waals surface area contributed by atoms with Crippen molar-refractivity contribution in [1.29, 1.82) is 0 Å². The Hall–Kier alpha value is -2.25. The lowest BCUT2D eigenvalue weighted by Crippen LogP contribution is -2.58. The lowest BCUT2D eigenvalue weighted by molar-refractivity contribution is -0.151. The first-order chi connectivity index (χ1) is 18.6. The van der Waals surface area contributed by atoms with E-state index in [2.05, 4.69) is 21.3 Å². The first-order valence-corrected chi connectivity index (χ1v) is 16.1. The summed E-state index contributed by atoms with van der Waals surface area (Å²) in [6.07, 6.45) is 3.64. The molecular weight excluding hydrogens is 544 g/mol. The van der Waals surface area contributed by atoms with E-state index in [-0.39, 0.29) is 43.3 Å². The van der Waals surface area contributed by atoms with Crippen LogP contribution in [0.25, 0.3) is 0 Å². The van der Waals surface area contributed by atoms with Crippen LogP contribution in [0.3, 0.4) is 0 Å². The Morgan fingerprint density at radius 2 is 1.87 bits per heavy atom. The molecule has 2 aliphatic heterocycles. The van der Waals surface area contributed by atoms with E-state index in [4.69, 9.17) is 4.74 Å². The number of nitrogens with one attached hydrogen (secondary N) is 4. The van der Waals surface area contributed by atoms with Crippen LogP contribution in [0.15, 0.2) is 12.2 Å². The van der Waals surface area contributed by atoms with Crippen LogP contribution in [0.5, 0.6) is 0 Å². The number of ether oxygens (including phenoxy) is 1. The van der Waals surface area contributed by atoms with Crippen molar-refractivity contribution >= 4 is 51.2 Å². The summed E-state index contributed by atoms with van der Waals surface area (Å²) in [5.41, 5.74) is 0. The standard InChI is InChI=1S/C26H40N4O7S2/c1-15(2)24-20(31)12-23(34)37-17-5-3-4-10-38-39-14-19(26(36)30-24)29-25(35)18(28-22(33)11-17)8-9-21(32)27-13-16-6-7-16/h3,5,15-20,24,31H,4,6-14H2,1-2H3,(H,27,32)(H,28,33)(H,29,35)(H,30,36)/b5-3+/t17-,18-,19+,20+,24-/m1/s1. The number of esters is 1. The van der Waals surface area contributed by atoms with E-state index in [1.165, 1.54) is 21.6 Å². The average Bonchev–Trinajstić information content (AvgIpc) is 3.69. The van der Waals surface area contributed by atoms with E-state index in [1.54, 1.807) is 6.08 Å². The van der Waals surface area contributed by atoms with Gasteiger partial charge in [0.25, 0.3) is 0 Å². The molecule has 4 amide bonds. The lowest BCUT2D eigenvalue weighted by Gasteiger charge is -2.29. The van der Waals surface area contributed by atoms with Gasteiger partial charge in [0.15, 0.2) is 0 Å². The molecule has 3 aliphatic rings. The topological polar surface area (TPSA) is 163 Å². The first kappa shape index (κ1) is 31.3. The van der Waals surface area contributed by atoms with Gasteiger partial charge in [0.1, 0.15) is 18.2 Å². The number of hydrogen-bond donors (Lipinski definition) is 5. The summed E-state index contributed by atoms with van der Waals surface area (Å²) in [7, 11) is 2.96. The second kappa shape index (κ2) is 15.5. The fraction of sp³-hybridized carbons (Fsp3) is 0.731. The van der Waals surface area contributed by atoms with Gasteiger partial charge in [-0.05, 0) is 43.6 Å². The Labute approximate surface area is 237 Å². The molecule has 0 aromatic rings. The normalized spacial score (nSPS) is 30.5. The zero-order valence-corrected chi connectivity index (χ0v) is 24.1. The molecule has 2 fully saturated rings. The first-order valence-electron chi connectivity index (χ1n) is 13.6. The smallest absolute Gasteiger partial charge is 0.309 e. The summed E-state index contributed by atoms with van der Waals surface area (Å²) in [4.78, 5) is 64.7. The second-order valence-electron chi connectivity index (χ2n) is 10.6. The molecule has 5 atom stereocenters. The highest BCUT2D eigenvalue weighted by molar-refractivity contribution is 8.76. The van der Waals surface area contributed by atoms with Gasteiger partial charge in [0.2, 0.25) is 23.6 Å². The number of allylic oxidation sites excluding steroid dienone is 1. The van der Waals surface area contributed by atoms with Crippen molar-refractivity contribution in [3.05, 3.63) is 12.2 Å². The van der Waals surface area contributed by atoms with Gasteiger partial charge in [-0.1, -0.05) is 41.5 Å². The Balaban J connectivity index is 1.86. The molecule has 1 saturated carbocycles. The van der Waals surface area contributed by atoms with Gasteiger partial charge in [-0.2, -0.15) is 0 Å². The highest BCUT2D eigenvalue weighted by Crippen LogP contribution is 2.27. The highest BCUT2D eigenvalue weighted by atomic mass is 33.1. The SMILES string of the molecule is CC(C)[C@H]1NC(=O)[C@@H]2CSSCC/C=C/[C@H](CC(=O)N[C@H](CCC(=O)NCC3CC3)C(=O)N2)OC(=O)C[C@@H]1O. The van der Waals surface area contributed by atoms with Crippen molar-refractivity contribution in [2.45, 2.75) is 89.1 Å². The molecule has 39 heavy (non-hydrogen) atoms. The maximum atomic E-state index is 13.4. The third-order valence-corrected chi connectivity index (χ3v) is 9.20. The van der Waals surface area contributed by atoms with Crippen molar-refractivity contribution in [3.63, 3.8) is 0 Å². The third kappa shape index (κ3) is 11.0. The quantitative estimate of drug-likeness (QED) is 0.173. The summed E-state index contributed by atoms with van der Waals surface area (Å²) in [5, 5.41) is 21.9. The van der Waals surface area contributed by atoms with Crippen LogP contribution < -0.4 is 21.3 Å². The van der Waals surface area contributed by atoms with Crippen molar-refractivity contribution in [2.75, 3.05) is 18.1 Å². The van der Waals surface area contributed by atoms with Gasteiger partial charge in [0.05, 0.1) is 25.0 Å². The van der Waals surface area contributed by atoms with Crippen molar-refractivity contribution < 1.29 is 33.8 Å². The fourth-order valence-electron chi connectivity index (χ4n) is 4.28. The van der Waals surface area contributed by atoms with Gasteiger partial charge >= 0.3 is 5.97 Å². The predicted molar refractivity (Wildman–Crippen MR) is 149 cm³/mol. The monoisotopic (exact) mass is 584 g/mol. The van der Waals surface area contributed by atoms with E-state index < -0.39 is 54.0 Å². The maximum absolute atomic E-state index is 13.4. The van der Waals surface area contributed by atoms with E-state index in [9.17, 15) is 29.1 Å². The van der Waals surface area contributed by atoms with Crippen LogP contribution in [-0.4, -0.2) is 83.1 Å². The van der Waals surface area contributed by atoms with Gasteiger partial charge in [-0.25, -0.2) is 0 Å². The van der Waals surface area contributed by atoms with Gasteiger partial charge in [-0.15, -0.1) is 0 Å². The zero-order chi connectivity index (χ0) is 28.4. The molecule has 1 saturated heterocycles. The summed E-state index contributed by atoms with van der Waals surface area (Å²) >= 11 is 0. The Morgan fingerprint density at radius 3 is 2.59 bits per heavy atom. The van der Waals surface area contributed by atoms with Crippen LogP contribution in [0.2, 0.25) is 0 Å². The van der Waals surface area contributed by atoms with E-state index in [1.807, 2.05) is 19.9 Å². The summed E-state index contributed by atoms with van der Waals surface area (Å²) < 4.78 is 5.52. The summed E-state index contributed by atoms with van der Waals surface area (Å²) in [5.74, 6) is -1.29. The minimum absolute atomic E-state index is 0.0203. The van der Waals surface area contributed by atoms with Crippen LogP contribution in [0, 0.1) is 11.8 Å². The molecule has 0 spiro atoms. The molecular formula is C26H40N4O7S2. The van der Waals surface area contributed by atoms with Crippen LogP contribution in [0.4, 0.5) is 0 Å². The molecule has 13 heteroatoms. The van der Waals surface area contributed by atoms with Crippen LogP contribution in [0.1, 0.15) is 58.8 Å². The molecule has 5 N–H and O–H groups in total. The highest BCUT2D eigenvalue weighted by Gasteiger charge is 2.33. The number of aliphatic hydroxyl groups is 1. The Kier molecular flexibility index (Phi) is 12.4. The van der Waals surface area contributed by atoms with E-state index in [0.29, 0.717) is 24.6 Å². The number of amides is 4. The Morgan fingerprint density at radius 1 is 1.10 bits per heavy atom. The fourth-order valence-corrected chi connectivity index (χ4v) is 6.44. The molecule has 218 valence electrons. The number of rotatable bonds is 6. The van der Waals surface area contributed by atoms with Crippen molar-refractivity contribution in [2.24, 2.45) is 11.8 Å². The maximum Gasteiger partial charge on any atom is 0.309 e. The summed E-state index contributed by atoms with van der Waals surface area (Å²) in [6, 6.07) is -2.80. The molecule has 0 unspecified atom stereocenters. The number of carbonyl (C=O) groups is 5. The van der Waals surface area contributed by atoms with E-state index >= 15 is 0 Å². The summed E-state index contributed by atoms with van der Waals surface area (Å²) in [6.45, 7) is 4.21. The molecule has 1 aliphatic carbocycles. The molecule has 0 radical (unpaired) electrons. The second-order valence-corrected chi connectivity index (χ2v) is 13.2. The molecule has 3 rings (SSSR count). The Bertz CT molecular complexity index is 928. The molecule has 2 bridgehead atoms. The van der Waals surface area contributed by atoms with Crippen LogP contribution >= 0.6 is 21.6 Å². The zero-order valence-electron chi connectivity index (χ0n) is 22.5. The van der Waals surface area contributed by atoms with Crippen molar-refractivity contribution in [1.82, 2.24) is 21.3 Å². The molecule has 0 aromatic heterocycles. The van der Waals surface area contributed by atoms with E-state index in [0.717, 1.165) is 12.8 Å². The molecule has 0 aromatic carbocycles. The van der Waals surface area contributed by atoms with Gasteiger partial charge < -0.3 is 31.1 Å². The third-order valence-electron chi connectivity index (χ3n) is 6.75. The predicted octanol–water partition coefficient (Wildman–Crippen LogP) is 0.811. The minimum Gasteiger partial charge on any atom is -0.457 e. The number of fused-ring (bicyclic) bond motifs is 7. The number of aliphatic hydroxyl groups excluding tert-OH is 1. The van der Waals surface area contributed by atoms with Crippen molar-refractivity contribution in [3.8, 4) is 0 Å². The lowest BCUT2D eigenvalue weighted by atomic mass is 9.96. The molecule has 2 heterocycles. The molecule has 11 nitrogen and oxygen atoms in total. The largest absolute Gasteiger partial charge is 0.457 e. The minimum atomic E-state index is -1.22.